The van der Waals surface area contributed by atoms with E-state index in [-0.39, 0.29) is 0 Å². The number of halogens is 1. The van der Waals surface area contributed by atoms with Gasteiger partial charge in [0.2, 0.25) is 11.0 Å². The van der Waals surface area contributed by atoms with Crippen molar-refractivity contribution in [3.63, 3.8) is 0 Å². The first kappa shape index (κ1) is 16.7. The molecule has 0 saturated carbocycles. The number of thioether (sulfide) groups is 1. The molecule has 0 unspecified atom stereocenters. The number of nitrogens with two attached hydrogens (primary N) is 1. The maximum Gasteiger partial charge on any atom is 0.226 e. The van der Waals surface area contributed by atoms with Crippen molar-refractivity contribution in [2.24, 2.45) is 0 Å². The van der Waals surface area contributed by atoms with Crippen LogP contribution in [0.2, 0.25) is 5.02 Å². The molecule has 0 fully saturated rings. The second-order valence-corrected chi connectivity index (χ2v) is 6.80. The van der Waals surface area contributed by atoms with Crippen molar-refractivity contribution in [1.82, 2.24) is 19.9 Å². The van der Waals surface area contributed by atoms with E-state index in [1.165, 1.54) is 16.4 Å². The maximum atomic E-state index is 6.21. The average molecular weight is 384 g/mol. The molecule has 0 aliphatic carbocycles. The highest BCUT2D eigenvalue weighted by molar-refractivity contribution is 7.98. The molecule has 0 saturated heterocycles. The normalized spacial score (nSPS) is 11.0. The number of hydrogen-bond donors (Lipinski definition) is 1. The predicted molar refractivity (Wildman–Crippen MR) is 102 cm³/mol. The zero-order valence-electron chi connectivity index (χ0n) is 13.5. The molecule has 4 rings (SSSR count). The van der Waals surface area contributed by atoms with Crippen molar-refractivity contribution < 1.29 is 4.42 Å². The van der Waals surface area contributed by atoms with Crippen molar-refractivity contribution >= 4 is 23.4 Å². The third-order valence-corrected chi connectivity index (χ3v) is 5.01. The van der Waals surface area contributed by atoms with Gasteiger partial charge in [0, 0.05) is 16.9 Å². The average Bonchev–Trinajstić information content (AvgIpc) is 3.28. The third-order valence-electron chi connectivity index (χ3n) is 3.70. The van der Waals surface area contributed by atoms with Crippen LogP contribution in [0.5, 0.6) is 0 Å². The molecular formula is C18H14ClN5OS. The fraction of sp³-hybridized carbons (Fsp3) is 0.0556. The molecule has 4 aromatic rings. The van der Waals surface area contributed by atoms with Crippen LogP contribution in [0.3, 0.4) is 0 Å². The smallest absolute Gasteiger partial charge is 0.226 e. The molecule has 0 aliphatic rings. The first-order chi connectivity index (χ1) is 12.7. The monoisotopic (exact) mass is 383 g/mol. The van der Waals surface area contributed by atoms with Gasteiger partial charge in [-0.3, -0.25) is 0 Å². The first-order valence-corrected chi connectivity index (χ1v) is 9.17. The van der Waals surface area contributed by atoms with Gasteiger partial charge in [-0.05, 0) is 24.3 Å². The Morgan fingerprint density at radius 3 is 2.62 bits per heavy atom. The molecule has 0 aliphatic heterocycles. The van der Waals surface area contributed by atoms with Gasteiger partial charge in [0.15, 0.2) is 5.82 Å². The fourth-order valence-electron chi connectivity index (χ4n) is 2.43. The van der Waals surface area contributed by atoms with E-state index in [1.54, 1.807) is 12.3 Å². The summed E-state index contributed by atoms with van der Waals surface area (Å²) in [6.45, 7) is 0. The molecule has 0 spiro atoms. The van der Waals surface area contributed by atoms with Crippen LogP contribution in [-0.4, -0.2) is 19.9 Å². The van der Waals surface area contributed by atoms with E-state index in [9.17, 15) is 0 Å². The predicted octanol–water partition coefficient (Wildman–Crippen LogP) is 4.26. The van der Waals surface area contributed by atoms with Gasteiger partial charge in [0.1, 0.15) is 6.26 Å². The minimum absolute atomic E-state index is 0.517. The van der Waals surface area contributed by atoms with E-state index in [4.69, 9.17) is 21.9 Å². The van der Waals surface area contributed by atoms with Crippen LogP contribution in [0, 0.1) is 0 Å². The number of aromatic nitrogens is 4. The quantitative estimate of drug-likeness (QED) is 0.409. The molecule has 2 heterocycles. The Morgan fingerprint density at radius 2 is 1.81 bits per heavy atom. The lowest BCUT2D eigenvalue weighted by molar-refractivity contribution is 0.573. The molecule has 2 aromatic heterocycles. The van der Waals surface area contributed by atoms with Crippen molar-refractivity contribution in [2.75, 3.05) is 5.84 Å². The van der Waals surface area contributed by atoms with E-state index in [2.05, 4.69) is 15.2 Å². The molecule has 0 bridgehead atoms. The van der Waals surface area contributed by atoms with Gasteiger partial charge in [-0.2, -0.15) is 0 Å². The fourth-order valence-corrected chi connectivity index (χ4v) is 3.38. The summed E-state index contributed by atoms with van der Waals surface area (Å²) in [5.74, 6) is 7.80. The SMILES string of the molecule is Nn1c(SCc2coc(-c3ccccc3)n2)nnc1-c1ccccc1Cl. The number of oxazole rings is 1. The van der Waals surface area contributed by atoms with Crippen molar-refractivity contribution in [2.45, 2.75) is 10.9 Å². The van der Waals surface area contributed by atoms with Crippen LogP contribution in [0.25, 0.3) is 22.8 Å². The zero-order valence-corrected chi connectivity index (χ0v) is 15.1. The Hall–Kier alpha value is -2.77. The van der Waals surface area contributed by atoms with Gasteiger partial charge in [-0.25, -0.2) is 9.66 Å². The molecule has 8 heteroatoms. The second-order valence-electron chi connectivity index (χ2n) is 5.45. The summed E-state index contributed by atoms with van der Waals surface area (Å²) in [6, 6.07) is 17.1. The van der Waals surface area contributed by atoms with E-state index >= 15 is 0 Å². The summed E-state index contributed by atoms with van der Waals surface area (Å²) < 4.78 is 6.98. The largest absolute Gasteiger partial charge is 0.444 e. The van der Waals surface area contributed by atoms with Gasteiger partial charge in [0.25, 0.3) is 0 Å². The van der Waals surface area contributed by atoms with E-state index < -0.39 is 0 Å². The van der Waals surface area contributed by atoms with Crippen LogP contribution in [-0.2, 0) is 5.75 Å². The number of hydrogen-bond acceptors (Lipinski definition) is 6. The Labute approximate surface area is 159 Å². The van der Waals surface area contributed by atoms with Gasteiger partial charge in [0.05, 0.1) is 10.7 Å². The van der Waals surface area contributed by atoms with Crippen LogP contribution < -0.4 is 5.84 Å². The van der Waals surface area contributed by atoms with Crippen molar-refractivity contribution in [3.05, 3.63) is 71.6 Å². The number of nitrogen functional groups attached to an aromatic ring is 1. The number of nitrogens with zero attached hydrogens (tertiary/aromatic N) is 4. The minimum Gasteiger partial charge on any atom is -0.444 e. The Bertz CT molecular complexity index is 1030. The van der Waals surface area contributed by atoms with E-state index in [1.807, 2.05) is 48.5 Å². The second kappa shape index (κ2) is 7.23. The standard InChI is InChI=1S/C18H14ClN5OS/c19-15-9-5-4-8-14(15)16-22-23-18(24(16)20)26-11-13-10-25-17(21-13)12-6-2-1-3-7-12/h1-10H,11,20H2. The lowest BCUT2D eigenvalue weighted by Crippen LogP contribution is -2.11. The summed E-state index contributed by atoms with van der Waals surface area (Å²) in [7, 11) is 0. The molecular weight excluding hydrogens is 370 g/mol. The summed E-state index contributed by atoms with van der Waals surface area (Å²) in [5.41, 5.74) is 2.48. The number of rotatable bonds is 5. The van der Waals surface area contributed by atoms with Gasteiger partial charge < -0.3 is 10.3 Å². The third kappa shape index (κ3) is 3.31. The van der Waals surface area contributed by atoms with Gasteiger partial charge >= 0.3 is 0 Å². The van der Waals surface area contributed by atoms with Crippen molar-refractivity contribution in [1.29, 1.82) is 0 Å². The topological polar surface area (TPSA) is 82.8 Å². The summed E-state index contributed by atoms with van der Waals surface area (Å²) in [6.07, 6.45) is 1.64. The Morgan fingerprint density at radius 1 is 1.04 bits per heavy atom. The molecule has 2 N–H and O–H groups in total. The Kier molecular flexibility index (Phi) is 4.64. The molecule has 26 heavy (non-hydrogen) atoms. The highest BCUT2D eigenvalue weighted by atomic mass is 35.5. The van der Waals surface area contributed by atoms with Crippen LogP contribution >= 0.6 is 23.4 Å². The molecule has 2 aromatic carbocycles. The van der Waals surface area contributed by atoms with E-state index in [0.29, 0.717) is 27.6 Å². The summed E-state index contributed by atoms with van der Waals surface area (Å²) >= 11 is 7.64. The maximum absolute atomic E-state index is 6.21. The zero-order chi connectivity index (χ0) is 17.9. The lowest BCUT2D eigenvalue weighted by atomic mass is 10.2. The lowest BCUT2D eigenvalue weighted by Gasteiger charge is -2.04. The highest BCUT2D eigenvalue weighted by Gasteiger charge is 2.15. The molecule has 0 atom stereocenters. The highest BCUT2D eigenvalue weighted by Crippen LogP contribution is 2.29. The molecule has 130 valence electrons. The summed E-state index contributed by atoms with van der Waals surface area (Å²) in [4.78, 5) is 4.50. The van der Waals surface area contributed by atoms with Gasteiger partial charge in [-0.15, -0.1) is 10.2 Å². The van der Waals surface area contributed by atoms with Crippen molar-refractivity contribution in [3.8, 4) is 22.8 Å². The minimum atomic E-state index is 0.517. The first-order valence-electron chi connectivity index (χ1n) is 7.80. The molecule has 0 amide bonds. The Balaban J connectivity index is 1.50. The van der Waals surface area contributed by atoms with Crippen LogP contribution in [0.15, 0.2) is 70.4 Å². The van der Waals surface area contributed by atoms with E-state index in [0.717, 1.165) is 16.8 Å². The van der Waals surface area contributed by atoms with Crippen LogP contribution in [0.1, 0.15) is 5.69 Å². The summed E-state index contributed by atoms with van der Waals surface area (Å²) in [5, 5.41) is 9.45. The molecule has 0 radical (unpaired) electrons. The number of benzene rings is 2. The molecule has 6 nitrogen and oxygen atoms in total. The van der Waals surface area contributed by atoms with Crippen LogP contribution in [0.4, 0.5) is 0 Å². The van der Waals surface area contributed by atoms with Gasteiger partial charge in [-0.1, -0.05) is 53.7 Å².